The van der Waals surface area contributed by atoms with E-state index in [0.29, 0.717) is 25.7 Å². The highest BCUT2D eigenvalue weighted by molar-refractivity contribution is 7.47. The molecule has 4 unspecified atom stereocenters. The number of esters is 4. The normalized spacial score (nSPS) is 14.6. The van der Waals surface area contributed by atoms with Crippen molar-refractivity contribution in [2.24, 2.45) is 23.7 Å². The highest BCUT2D eigenvalue weighted by Crippen LogP contribution is 2.45. The van der Waals surface area contributed by atoms with Crippen LogP contribution in [-0.2, 0) is 65.4 Å². The molecule has 576 valence electrons. The van der Waals surface area contributed by atoms with Crippen molar-refractivity contribution < 1.29 is 80.2 Å². The standard InChI is InChI=1S/C78H152O17P2/c1-9-70(7)56-48-40-32-26-20-16-12-14-18-22-28-34-44-52-60-77(82)94-73(64-88-75(80)58-50-42-33-27-21-17-13-11-15-19-24-30-38-46-54-68(3)4)66-92-96(84,85)90-62-72(79)63-91-97(86,87)93-67-74(65-89-76(81)59-51-43-37-36-41-49-57-71(8)10-2)95-78(83)61-53-45-35-29-23-25-31-39-47-55-69(5)6/h68-74,79H,9-67H2,1-8H3,(H,84,85)(H,86,87)/t70?,71?,72-,73-,74-/m1/s1. The van der Waals surface area contributed by atoms with Gasteiger partial charge in [0.15, 0.2) is 12.2 Å². The first kappa shape index (κ1) is 95.1. The second-order valence-corrected chi connectivity index (χ2v) is 32.4. The van der Waals surface area contributed by atoms with Gasteiger partial charge < -0.3 is 33.8 Å². The van der Waals surface area contributed by atoms with E-state index >= 15 is 0 Å². The molecule has 19 heteroatoms. The fourth-order valence-corrected chi connectivity index (χ4v) is 13.4. The quantitative estimate of drug-likeness (QED) is 0.0222. The van der Waals surface area contributed by atoms with Crippen molar-refractivity contribution in [3.8, 4) is 0 Å². The lowest BCUT2D eigenvalue weighted by molar-refractivity contribution is -0.161. The zero-order valence-electron chi connectivity index (χ0n) is 63.7. The number of rotatable bonds is 75. The molecule has 0 amide bonds. The van der Waals surface area contributed by atoms with Gasteiger partial charge >= 0.3 is 39.5 Å². The van der Waals surface area contributed by atoms with Crippen LogP contribution in [0.15, 0.2) is 0 Å². The smallest absolute Gasteiger partial charge is 0.462 e. The molecule has 0 saturated carbocycles. The summed E-state index contributed by atoms with van der Waals surface area (Å²) in [4.78, 5) is 72.9. The second-order valence-electron chi connectivity index (χ2n) is 29.5. The van der Waals surface area contributed by atoms with E-state index in [1.54, 1.807) is 0 Å². The van der Waals surface area contributed by atoms with Gasteiger partial charge in [-0.3, -0.25) is 37.3 Å². The zero-order valence-corrected chi connectivity index (χ0v) is 65.5. The minimum absolute atomic E-state index is 0.104. The Morgan fingerprint density at radius 3 is 0.732 bits per heavy atom. The summed E-state index contributed by atoms with van der Waals surface area (Å²) in [5, 5.41) is 10.6. The number of hydrogen-bond acceptors (Lipinski definition) is 15. The number of aliphatic hydroxyl groups excluding tert-OH is 1. The molecule has 0 saturated heterocycles. The van der Waals surface area contributed by atoms with Crippen molar-refractivity contribution in [2.45, 2.75) is 414 Å². The molecule has 0 aliphatic carbocycles. The van der Waals surface area contributed by atoms with Crippen molar-refractivity contribution in [3.05, 3.63) is 0 Å². The highest BCUT2D eigenvalue weighted by Gasteiger charge is 2.30. The van der Waals surface area contributed by atoms with E-state index in [1.807, 2.05) is 0 Å². The third kappa shape index (κ3) is 69.5. The maximum atomic E-state index is 13.1. The molecule has 0 radical (unpaired) electrons. The lowest BCUT2D eigenvalue weighted by Gasteiger charge is -2.21. The number of unbranched alkanes of at least 4 members (excludes halogenated alkanes) is 39. The summed E-state index contributed by atoms with van der Waals surface area (Å²) in [5.74, 6) is 0.993. The van der Waals surface area contributed by atoms with Gasteiger partial charge in [-0.2, -0.15) is 0 Å². The van der Waals surface area contributed by atoms with Gasteiger partial charge in [0, 0.05) is 25.7 Å². The number of carbonyl (C=O) groups excluding carboxylic acids is 4. The van der Waals surface area contributed by atoms with Crippen LogP contribution in [0.2, 0.25) is 0 Å². The predicted octanol–water partition coefficient (Wildman–Crippen LogP) is 22.8. The fraction of sp³-hybridized carbons (Fsp3) is 0.949. The Labute approximate surface area is 594 Å². The van der Waals surface area contributed by atoms with Gasteiger partial charge in [0.25, 0.3) is 0 Å². The van der Waals surface area contributed by atoms with Crippen molar-refractivity contribution >= 4 is 39.5 Å². The van der Waals surface area contributed by atoms with Gasteiger partial charge in [0.05, 0.1) is 26.4 Å². The first-order valence-corrected chi connectivity index (χ1v) is 43.3. The van der Waals surface area contributed by atoms with Gasteiger partial charge in [-0.15, -0.1) is 0 Å². The summed E-state index contributed by atoms with van der Waals surface area (Å²) in [6.07, 6.45) is 52.7. The summed E-state index contributed by atoms with van der Waals surface area (Å²) >= 11 is 0. The molecule has 0 aliphatic rings. The van der Waals surface area contributed by atoms with E-state index in [0.717, 1.165) is 120 Å². The van der Waals surface area contributed by atoms with Crippen LogP contribution in [-0.4, -0.2) is 96.7 Å². The number of carbonyl (C=O) groups is 4. The SMILES string of the molecule is CCC(C)CCCCCCCCCCCCCCCCC(=O)O[C@H](COC(=O)CCCCCCCCCCCCCCCCC(C)C)COP(=O)(O)OC[C@@H](O)COP(=O)(O)OC[C@@H](COC(=O)CCCCCCCCC(C)CC)OC(=O)CCCCCCCCCCCC(C)C. The summed E-state index contributed by atoms with van der Waals surface area (Å²) in [7, 11) is -9.92. The van der Waals surface area contributed by atoms with E-state index in [2.05, 4.69) is 55.4 Å². The first-order chi connectivity index (χ1) is 46.7. The Bertz CT molecular complexity index is 1910. The molecule has 0 aromatic carbocycles. The largest absolute Gasteiger partial charge is 0.472 e. The van der Waals surface area contributed by atoms with Crippen molar-refractivity contribution in [1.82, 2.24) is 0 Å². The van der Waals surface area contributed by atoms with Crippen LogP contribution in [0.4, 0.5) is 0 Å². The molecule has 0 aromatic rings. The molecular weight excluding hydrogens is 1270 g/mol. The minimum Gasteiger partial charge on any atom is -0.462 e. The molecule has 0 fully saturated rings. The van der Waals surface area contributed by atoms with Crippen LogP contribution in [0.1, 0.15) is 396 Å². The molecule has 0 heterocycles. The third-order valence-electron chi connectivity index (χ3n) is 18.8. The molecule has 0 bridgehead atoms. The summed E-state index contributed by atoms with van der Waals surface area (Å²) < 4.78 is 68.6. The molecule has 17 nitrogen and oxygen atoms in total. The Hall–Kier alpha value is -1.94. The molecule has 7 atom stereocenters. The average molecular weight is 1420 g/mol. The summed E-state index contributed by atoms with van der Waals surface area (Å²) in [6, 6.07) is 0. The third-order valence-corrected chi connectivity index (χ3v) is 20.7. The van der Waals surface area contributed by atoms with E-state index in [9.17, 15) is 43.2 Å². The Morgan fingerprint density at radius 2 is 0.495 bits per heavy atom. The molecule has 0 spiro atoms. The molecule has 0 aromatic heterocycles. The second kappa shape index (κ2) is 67.2. The lowest BCUT2D eigenvalue weighted by atomic mass is 9.99. The van der Waals surface area contributed by atoms with E-state index < -0.39 is 97.5 Å². The monoisotopic (exact) mass is 1420 g/mol. The van der Waals surface area contributed by atoms with Gasteiger partial charge in [0.1, 0.15) is 19.3 Å². The van der Waals surface area contributed by atoms with E-state index in [-0.39, 0.29) is 25.7 Å². The predicted molar refractivity (Wildman–Crippen MR) is 395 cm³/mol. The van der Waals surface area contributed by atoms with E-state index in [1.165, 1.54) is 193 Å². The average Bonchev–Trinajstić information content (AvgIpc) is 1.19. The van der Waals surface area contributed by atoms with Crippen LogP contribution >= 0.6 is 15.6 Å². The maximum absolute atomic E-state index is 13.1. The van der Waals surface area contributed by atoms with Crippen LogP contribution in [0.25, 0.3) is 0 Å². The first-order valence-electron chi connectivity index (χ1n) is 40.3. The molecule has 0 aliphatic heterocycles. The minimum atomic E-state index is -4.96. The van der Waals surface area contributed by atoms with Gasteiger partial charge in [-0.05, 0) is 49.4 Å². The Balaban J connectivity index is 5.25. The molecule has 97 heavy (non-hydrogen) atoms. The number of ether oxygens (including phenoxy) is 4. The van der Waals surface area contributed by atoms with Crippen LogP contribution in [0, 0.1) is 23.7 Å². The van der Waals surface area contributed by atoms with Crippen molar-refractivity contribution in [3.63, 3.8) is 0 Å². The number of aliphatic hydroxyl groups is 1. The van der Waals surface area contributed by atoms with E-state index in [4.69, 9.17) is 37.0 Å². The van der Waals surface area contributed by atoms with Gasteiger partial charge in [-0.1, -0.05) is 344 Å². The van der Waals surface area contributed by atoms with Crippen molar-refractivity contribution in [2.75, 3.05) is 39.6 Å². The number of hydrogen-bond donors (Lipinski definition) is 3. The van der Waals surface area contributed by atoms with Crippen LogP contribution in [0.3, 0.4) is 0 Å². The van der Waals surface area contributed by atoms with Gasteiger partial charge in [-0.25, -0.2) is 9.13 Å². The Kier molecular flexibility index (Phi) is 65.9. The fourth-order valence-electron chi connectivity index (χ4n) is 11.8. The molecule has 3 N–H and O–H groups in total. The number of phosphoric acid groups is 2. The highest BCUT2D eigenvalue weighted by atomic mass is 31.2. The lowest BCUT2D eigenvalue weighted by Crippen LogP contribution is -2.30. The Morgan fingerprint density at radius 1 is 0.289 bits per heavy atom. The molecule has 0 rings (SSSR count). The van der Waals surface area contributed by atoms with Crippen LogP contribution in [0.5, 0.6) is 0 Å². The number of phosphoric ester groups is 2. The van der Waals surface area contributed by atoms with Gasteiger partial charge in [0.2, 0.25) is 0 Å². The topological polar surface area (TPSA) is 237 Å². The summed E-state index contributed by atoms with van der Waals surface area (Å²) in [5.41, 5.74) is 0. The zero-order chi connectivity index (χ0) is 71.7. The van der Waals surface area contributed by atoms with Crippen LogP contribution < -0.4 is 0 Å². The maximum Gasteiger partial charge on any atom is 0.472 e. The summed E-state index contributed by atoms with van der Waals surface area (Å²) in [6.45, 7) is 14.2. The molecular formula is C78H152O17P2. The van der Waals surface area contributed by atoms with Crippen molar-refractivity contribution in [1.29, 1.82) is 0 Å².